The van der Waals surface area contributed by atoms with Gasteiger partial charge in [0.05, 0.1) is 22.9 Å². The van der Waals surface area contributed by atoms with E-state index in [1.807, 2.05) is 18.2 Å². The fourth-order valence-electron chi connectivity index (χ4n) is 4.03. The van der Waals surface area contributed by atoms with Gasteiger partial charge in [-0.2, -0.15) is 0 Å². The number of hydrogen-bond acceptors (Lipinski definition) is 4. The van der Waals surface area contributed by atoms with Crippen molar-refractivity contribution < 1.29 is 9.84 Å². The second-order valence-corrected chi connectivity index (χ2v) is 8.05. The van der Waals surface area contributed by atoms with E-state index in [0.29, 0.717) is 11.5 Å². The molecule has 27 heavy (non-hydrogen) atoms. The highest BCUT2D eigenvalue weighted by Crippen LogP contribution is 2.42. The predicted octanol–water partition coefficient (Wildman–Crippen LogP) is 2.96. The van der Waals surface area contributed by atoms with Crippen LogP contribution in [0.4, 0.5) is 5.69 Å². The summed E-state index contributed by atoms with van der Waals surface area (Å²) in [6, 6.07) is 5.78. The maximum Gasteiger partial charge on any atom is 0.266 e. The zero-order chi connectivity index (χ0) is 19.2. The first-order valence-electron chi connectivity index (χ1n) is 9.60. The lowest BCUT2D eigenvalue weighted by atomic mass is 9.92. The summed E-state index contributed by atoms with van der Waals surface area (Å²) in [7, 11) is 1.75. The van der Waals surface area contributed by atoms with Gasteiger partial charge in [0.25, 0.3) is 5.56 Å². The number of benzene rings is 1. The molecule has 2 N–H and O–H groups in total. The molecule has 2 fully saturated rings. The van der Waals surface area contributed by atoms with Crippen molar-refractivity contribution in [2.24, 2.45) is 5.92 Å². The van der Waals surface area contributed by atoms with Crippen LogP contribution in [0.3, 0.4) is 0 Å². The Morgan fingerprint density at radius 2 is 2.07 bits per heavy atom. The highest BCUT2D eigenvalue weighted by Gasteiger charge is 2.33. The molecule has 4 rings (SSSR count). The largest absolute Gasteiger partial charge is 0.388 e. The number of ether oxygens (including phenoxy) is 1. The number of piperidine rings is 1. The zero-order valence-electron chi connectivity index (χ0n) is 15.9. The summed E-state index contributed by atoms with van der Waals surface area (Å²) in [6.45, 7) is 3.66. The molecule has 1 atom stereocenters. The first kappa shape index (κ1) is 18.1. The molecule has 5 nitrogen and oxygen atoms in total. The van der Waals surface area contributed by atoms with E-state index in [2.05, 4.69) is 22.7 Å². The zero-order valence-corrected chi connectivity index (χ0v) is 15.9. The monoisotopic (exact) mass is 366 g/mol. The lowest BCUT2D eigenvalue weighted by molar-refractivity contribution is -0.0132. The van der Waals surface area contributed by atoms with Gasteiger partial charge in [-0.1, -0.05) is 12.0 Å². The van der Waals surface area contributed by atoms with Crippen molar-refractivity contribution in [2.75, 3.05) is 25.1 Å². The van der Waals surface area contributed by atoms with Crippen molar-refractivity contribution in [1.82, 2.24) is 4.98 Å². The third-order valence-electron chi connectivity index (χ3n) is 6.20. The van der Waals surface area contributed by atoms with E-state index < -0.39 is 6.10 Å². The van der Waals surface area contributed by atoms with Crippen molar-refractivity contribution in [2.45, 2.75) is 44.3 Å². The van der Waals surface area contributed by atoms with E-state index in [1.54, 1.807) is 7.11 Å². The van der Waals surface area contributed by atoms with E-state index in [4.69, 9.17) is 11.2 Å². The van der Waals surface area contributed by atoms with E-state index >= 15 is 0 Å². The van der Waals surface area contributed by atoms with Crippen LogP contribution in [0.15, 0.2) is 23.0 Å². The number of nitrogens with one attached hydrogen (secondary N) is 1. The molecule has 1 aromatic heterocycles. The van der Waals surface area contributed by atoms with Crippen LogP contribution in [0.2, 0.25) is 0 Å². The van der Waals surface area contributed by atoms with Crippen LogP contribution in [0.25, 0.3) is 10.9 Å². The number of anilines is 1. The Morgan fingerprint density at radius 3 is 2.67 bits per heavy atom. The van der Waals surface area contributed by atoms with E-state index in [1.165, 1.54) is 0 Å². The van der Waals surface area contributed by atoms with E-state index in [-0.39, 0.29) is 11.2 Å². The number of aromatic amines is 1. The average Bonchev–Trinajstić information content (AvgIpc) is 3.52. The van der Waals surface area contributed by atoms with Crippen LogP contribution < -0.4 is 10.5 Å². The summed E-state index contributed by atoms with van der Waals surface area (Å²) < 4.78 is 5.65. The standard InChI is InChI=1S/C22H26N2O3/c1-4-16-19(24-11-9-22(2,27-3)10-12-24)17-13-15(20(25)14-5-6-14)7-8-18(17)23-21(16)26/h1,7-8,13-14,20,25H,5-6,9-12H2,2-3H3,(H,23,26). The molecule has 1 saturated carbocycles. The molecule has 0 amide bonds. The highest BCUT2D eigenvalue weighted by molar-refractivity contribution is 5.95. The summed E-state index contributed by atoms with van der Waals surface area (Å²) in [5, 5.41) is 11.5. The van der Waals surface area contributed by atoms with Gasteiger partial charge < -0.3 is 19.7 Å². The molecule has 1 aliphatic heterocycles. The minimum atomic E-state index is -0.457. The number of aromatic nitrogens is 1. The summed E-state index contributed by atoms with van der Waals surface area (Å²) >= 11 is 0. The van der Waals surface area contributed by atoms with Gasteiger partial charge in [-0.25, -0.2) is 0 Å². The molecule has 2 aromatic rings. The van der Waals surface area contributed by atoms with E-state index in [0.717, 1.165) is 60.9 Å². The Balaban J connectivity index is 1.82. The van der Waals surface area contributed by atoms with Crippen LogP contribution >= 0.6 is 0 Å². The van der Waals surface area contributed by atoms with Crippen LogP contribution in [0.5, 0.6) is 0 Å². The molecule has 1 aromatic carbocycles. The number of fused-ring (bicyclic) bond motifs is 1. The van der Waals surface area contributed by atoms with Gasteiger partial charge >= 0.3 is 0 Å². The number of pyridine rings is 1. The molecule has 0 spiro atoms. The molecule has 2 heterocycles. The number of terminal acetylenes is 1. The molecule has 142 valence electrons. The second-order valence-electron chi connectivity index (χ2n) is 8.05. The predicted molar refractivity (Wildman–Crippen MR) is 107 cm³/mol. The molecule has 2 aliphatic rings. The number of aliphatic hydroxyl groups is 1. The fraction of sp³-hybridized carbons (Fsp3) is 0.500. The Labute approximate surface area is 159 Å². The van der Waals surface area contributed by atoms with Gasteiger partial charge in [-0.05, 0) is 56.2 Å². The van der Waals surface area contributed by atoms with Crippen molar-refractivity contribution in [3.63, 3.8) is 0 Å². The van der Waals surface area contributed by atoms with Gasteiger partial charge in [-0.15, -0.1) is 6.42 Å². The lowest BCUT2D eigenvalue weighted by Crippen LogP contribution is -2.44. The van der Waals surface area contributed by atoms with E-state index in [9.17, 15) is 9.90 Å². The van der Waals surface area contributed by atoms with Gasteiger partial charge in [0.15, 0.2) is 0 Å². The maximum absolute atomic E-state index is 12.5. The molecule has 5 heteroatoms. The normalized spacial score (nSPS) is 20.4. The maximum atomic E-state index is 12.5. The van der Waals surface area contributed by atoms with Gasteiger partial charge in [0, 0.05) is 25.6 Å². The van der Waals surface area contributed by atoms with Gasteiger partial charge in [0.2, 0.25) is 0 Å². The summed E-state index contributed by atoms with van der Waals surface area (Å²) in [6.07, 6.45) is 9.12. The minimum Gasteiger partial charge on any atom is -0.388 e. The van der Waals surface area contributed by atoms with Crippen LogP contribution in [-0.4, -0.2) is 35.9 Å². The quantitative estimate of drug-likeness (QED) is 0.817. The van der Waals surface area contributed by atoms with Gasteiger partial charge in [-0.3, -0.25) is 4.79 Å². The fourth-order valence-corrected chi connectivity index (χ4v) is 4.03. The Kier molecular flexibility index (Phi) is 4.49. The SMILES string of the molecule is C#Cc1c(N2CCC(C)(OC)CC2)c2cc(C(O)C3CC3)ccc2[nH]c1=O. The Bertz CT molecular complexity index is 960. The first-order chi connectivity index (χ1) is 13.0. The number of hydrogen-bond donors (Lipinski definition) is 2. The lowest BCUT2D eigenvalue weighted by Gasteiger charge is -2.40. The van der Waals surface area contributed by atoms with Crippen LogP contribution in [0.1, 0.15) is 49.8 Å². The van der Waals surface area contributed by atoms with Crippen LogP contribution in [-0.2, 0) is 4.74 Å². The molecular formula is C22H26N2O3. The Morgan fingerprint density at radius 1 is 1.37 bits per heavy atom. The van der Waals surface area contributed by atoms with Crippen molar-refractivity contribution in [1.29, 1.82) is 0 Å². The molecule has 0 radical (unpaired) electrons. The molecule has 1 aliphatic carbocycles. The number of methoxy groups -OCH3 is 1. The number of H-pyrrole nitrogens is 1. The number of nitrogens with zero attached hydrogens (tertiary/aromatic N) is 1. The summed E-state index contributed by atoms with van der Waals surface area (Å²) in [4.78, 5) is 17.6. The average molecular weight is 366 g/mol. The molecule has 0 bridgehead atoms. The number of aliphatic hydroxyl groups excluding tert-OH is 1. The summed E-state index contributed by atoms with van der Waals surface area (Å²) in [5.74, 6) is 2.94. The van der Waals surface area contributed by atoms with Crippen molar-refractivity contribution >= 4 is 16.6 Å². The van der Waals surface area contributed by atoms with Gasteiger partial charge in [0.1, 0.15) is 5.56 Å². The topological polar surface area (TPSA) is 65.6 Å². The third kappa shape index (κ3) is 3.24. The highest BCUT2D eigenvalue weighted by atomic mass is 16.5. The molecular weight excluding hydrogens is 340 g/mol. The van der Waals surface area contributed by atoms with Crippen molar-refractivity contribution in [3.05, 3.63) is 39.7 Å². The third-order valence-corrected chi connectivity index (χ3v) is 6.20. The summed E-state index contributed by atoms with van der Waals surface area (Å²) in [5.41, 5.74) is 2.43. The number of rotatable bonds is 4. The first-order valence-corrected chi connectivity index (χ1v) is 9.60. The smallest absolute Gasteiger partial charge is 0.266 e. The minimum absolute atomic E-state index is 0.142. The second kappa shape index (κ2) is 6.70. The Hall–Kier alpha value is -2.29. The molecule has 1 unspecified atom stereocenters. The van der Waals surface area contributed by atoms with Crippen LogP contribution in [0, 0.1) is 18.3 Å². The molecule has 1 saturated heterocycles. The van der Waals surface area contributed by atoms with Crippen molar-refractivity contribution in [3.8, 4) is 12.3 Å².